The number of anilines is 1. The third-order valence-electron chi connectivity index (χ3n) is 5.42. The van der Waals surface area contributed by atoms with Crippen molar-refractivity contribution in [1.29, 1.82) is 0 Å². The van der Waals surface area contributed by atoms with Gasteiger partial charge in [-0.1, -0.05) is 35.3 Å². The molecule has 37 heavy (non-hydrogen) atoms. The smallest absolute Gasteiger partial charge is 0.341 e. The summed E-state index contributed by atoms with van der Waals surface area (Å²) in [5, 5.41) is 3.90. The number of carbonyl (C=O) groups is 4. The molecule has 0 saturated carbocycles. The van der Waals surface area contributed by atoms with E-state index in [0.717, 1.165) is 16.2 Å². The van der Waals surface area contributed by atoms with Crippen molar-refractivity contribution in [2.45, 2.75) is 26.3 Å². The Labute approximate surface area is 227 Å². The van der Waals surface area contributed by atoms with Crippen LogP contribution < -0.4 is 10.1 Å². The van der Waals surface area contributed by atoms with Gasteiger partial charge in [-0.05, 0) is 49.7 Å². The topological polar surface area (TPSA) is 102 Å². The van der Waals surface area contributed by atoms with E-state index in [0.29, 0.717) is 38.2 Å². The van der Waals surface area contributed by atoms with E-state index < -0.39 is 17.8 Å². The highest BCUT2D eigenvalue weighted by molar-refractivity contribution is 7.16. The molecule has 8 nitrogen and oxygen atoms in total. The maximum atomic E-state index is 12.7. The van der Waals surface area contributed by atoms with E-state index in [1.165, 1.54) is 6.07 Å². The van der Waals surface area contributed by atoms with Crippen LogP contribution in [0.15, 0.2) is 48.5 Å². The van der Waals surface area contributed by atoms with Crippen LogP contribution in [0.5, 0.6) is 5.75 Å². The third-order valence-corrected chi connectivity index (χ3v) is 6.99. The van der Waals surface area contributed by atoms with Crippen LogP contribution in [0.1, 0.15) is 55.7 Å². The molecule has 0 atom stereocenters. The number of benzene rings is 2. The Hall–Kier alpha value is -3.40. The minimum absolute atomic E-state index is 0.0328. The molecule has 0 unspecified atom stereocenters. The quantitative estimate of drug-likeness (QED) is 0.190. The molecule has 2 heterocycles. The fraction of sp³-hybridized carbons (Fsp3) is 0.231. The molecular formula is C26H22Cl2N2O6S. The number of nitrogens with one attached hydrogen (secondary N) is 1. The molecule has 3 aromatic rings. The summed E-state index contributed by atoms with van der Waals surface area (Å²) in [5.41, 5.74) is 0.839. The van der Waals surface area contributed by atoms with Gasteiger partial charge >= 0.3 is 5.97 Å². The first kappa shape index (κ1) is 26.7. The Kier molecular flexibility index (Phi) is 8.48. The third kappa shape index (κ3) is 6.12. The largest absolute Gasteiger partial charge is 0.492 e. The van der Waals surface area contributed by atoms with Crippen molar-refractivity contribution >= 4 is 63.2 Å². The molecular weight excluding hydrogens is 539 g/mol. The minimum Gasteiger partial charge on any atom is -0.492 e. The monoisotopic (exact) mass is 560 g/mol. The van der Waals surface area contributed by atoms with Gasteiger partial charge < -0.3 is 14.8 Å². The van der Waals surface area contributed by atoms with Crippen molar-refractivity contribution in [3.63, 3.8) is 0 Å². The average Bonchev–Trinajstić information content (AvgIpc) is 3.37. The standard InChI is InChI=1S/C26H22Cl2N2O6S/c1-2-35-26(34)19-13-16(14-30-24(32)17-6-3-4-7-18(17)25(30)33)37-23(19)29-22(31)8-5-11-36-21-10-9-15(27)12-20(21)28/h3-4,6-7,9-10,12-13H,2,5,8,11,14H2,1H3,(H,29,31). The molecule has 192 valence electrons. The number of amides is 3. The number of thiophene rings is 1. The lowest BCUT2D eigenvalue weighted by Crippen LogP contribution is -2.28. The van der Waals surface area contributed by atoms with Gasteiger partial charge in [-0.15, -0.1) is 11.3 Å². The van der Waals surface area contributed by atoms with Gasteiger partial charge in [-0.2, -0.15) is 0 Å². The number of halogens is 2. The number of imide groups is 1. The number of esters is 1. The van der Waals surface area contributed by atoms with E-state index >= 15 is 0 Å². The number of hydrogen-bond donors (Lipinski definition) is 1. The van der Waals surface area contributed by atoms with E-state index in [1.54, 1.807) is 49.4 Å². The van der Waals surface area contributed by atoms with Crippen LogP contribution in [-0.4, -0.2) is 41.8 Å². The second-order valence-electron chi connectivity index (χ2n) is 7.99. The predicted molar refractivity (Wildman–Crippen MR) is 141 cm³/mol. The van der Waals surface area contributed by atoms with E-state index in [1.807, 2.05) is 0 Å². The molecule has 0 fully saturated rings. The summed E-state index contributed by atoms with van der Waals surface area (Å²) in [4.78, 5) is 52.2. The molecule has 0 bridgehead atoms. The molecule has 0 spiro atoms. The van der Waals surface area contributed by atoms with E-state index in [9.17, 15) is 19.2 Å². The van der Waals surface area contributed by atoms with Crippen LogP contribution >= 0.6 is 34.5 Å². The minimum atomic E-state index is -0.608. The molecule has 1 aromatic heterocycles. The van der Waals surface area contributed by atoms with Crippen molar-refractivity contribution in [2.75, 3.05) is 18.5 Å². The number of rotatable bonds is 10. The molecule has 1 aliphatic rings. The summed E-state index contributed by atoms with van der Waals surface area (Å²) in [6.07, 6.45) is 0.520. The van der Waals surface area contributed by atoms with Gasteiger partial charge in [0.25, 0.3) is 11.8 Å². The highest BCUT2D eigenvalue weighted by Gasteiger charge is 2.35. The molecule has 0 saturated heterocycles. The number of fused-ring (bicyclic) bond motifs is 1. The molecule has 4 rings (SSSR count). The van der Waals surface area contributed by atoms with E-state index in [4.69, 9.17) is 32.7 Å². The van der Waals surface area contributed by atoms with Crippen molar-refractivity contribution < 1.29 is 28.7 Å². The van der Waals surface area contributed by atoms with Gasteiger partial charge in [0, 0.05) is 16.3 Å². The lowest BCUT2D eigenvalue weighted by atomic mass is 10.1. The number of nitrogens with zero attached hydrogens (tertiary/aromatic N) is 1. The SMILES string of the molecule is CCOC(=O)c1cc(CN2C(=O)c3ccccc3C2=O)sc1NC(=O)CCCOc1ccc(Cl)cc1Cl. The summed E-state index contributed by atoms with van der Waals surface area (Å²) < 4.78 is 10.7. The zero-order valence-electron chi connectivity index (χ0n) is 19.7. The normalized spacial score (nSPS) is 12.5. The summed E-state index contributed by atoms with van der Waals surface area (Å²) in [5.74, 6) is -1.28. The van der Waals surface area contributed by atoms with Crippen molar-refractivity contribution in [3.05, 3.63) is 80.1 Å². The molecule has 0 aliphatic carbocycles. The van der Waals surface area contributed by atoms with Gasteiger partial charge in [0.15, 0.2) is 0 Å². The molecule has 3 amide bonds. The van der Waals surface area contributed by atoms with Crippen molar-refractivity contribution in [1.82, 2.24) is 4.90 Å². The van der Waals surface area contributed by atoms with Crippen LogP contribution in [0.4, 0.5) is 5.00 Å². The van der Waals surface area contributed by atoms with Crippen LogP contribution in [0, 0.1) is 0 Å². The van der Waals surface area contributed by atoms with Gasteiger partial charge in [0.1, 0.15) is 10.8 Å². The number of carbonyl (C=O) groups excluding carboxylic acids is 4. The van der Waals surface area contributed by atoms with Crippen LogP contribution in [0.3, 0.4) is 0 Å². The zero-order valence-corrected chi connectivity index (χ0v) is 22.0. The lowest BCUT2D eigenvalue weighted by molar-refractivity contribution is -0.116. The second-order valence-corrected chi connectivity index (χ2v) is 9.97. The maximum Gasteiger partial charge on any atom is 0.341 e. The van der Waals surface area contributed by atoms with Gasteiger partial charge in [0.05, 0.1) is 41.5 Å². The average molecular weight is 561 g/mol. The highest BCUT2D eigenvalue weighted by atomic mass is 35.5. The van der Waals surface area contributed by atoms with Crippen molar-refractivity contribution in [2.24, 2.45) is 0 Å². The molecule has 1 aliphatic heterocycles. The molecule has 1 N–H and O–H groups in total. The van der Waals surface area contributed by atoms with Crippen LogP contribution in [0.2, 0.25) is 10.0 Å². The summed E-state index contributed by atoms with van der Waals surface area (Å²) >= 11 is 13.1. The Balaban J connectivity index is 1.40. The first-order chi connectivity index (χ1) is 17.8. The summed E-state index contributed by atoms with van der Waals surface area (Å²) in [6.45, 7) is 2.04. The van der Waals surface area contributed by atoms with Crippen LogP contribution in [0.25, 0.3) is 0 Å². The van der Waals surface area contributed by atoms with Crippen LogP contribution in [-0.2, 0) is 16.1 Å². The summed E-state index contributed by atoms with van der Waals surface area (Å²) in [6, 6.07) is 13.0. The Morgan fingerprint density at radius 2 is 1.73 bits per heavy atom. The second kappa shape index (κ2) is 11.8. The Bertz CT molecular complexity index is 1340. The van der Waals surface area contributed by atoms with E-state index in [-0.39, 0.29) is 42.7 Å². The first-order valence-electron chi connectivity index (χ1n) is 11.4. The highest BCUT2D eigenvalue weighted by Crippen LogP contribution is 2.33. The Morgan fingerprint density at radius 3 is 2.38 bits per heavy atom. The zero-order chi connectivity index (χ0) is 26.5. The maximum absolute atomic E-state index is 12.7. The van der Waals surface area contributed by atoms with E-state index in [2.05, 4.69) is 5.32 Å². The Morgan fingerprint density at radius 1 is 1.03 bits per heavy atom. The van der Waals surface area contributed by atoms with Gasteiger partial charge in [-0.3, -0.25) is 19.3 Å². The fourth-order valence-electron chi connectivity index (χ4n) is 3.71. The summed E-state index contributed by atoms with van der Waals surface area (Å²) in [7, 11) is 0. The molecule has 0 radical (unpaired) electrons. The van der Waals surface area contributed by atoms with Crippen molar-refractivity contribution in [3.8, 4) is 5.75 Å². The lowest BCUT2D eigenvalue weighted by Gasteiger charge is -2.12. The predicted octanol–water partition coefficient (Wildman–Crippen LogP) is 5.83. The molecule has 2 aromatic carbocycles. The van der Waals surface area contributed by atoms with Gasteiger partial charge in [0.2, 0.25) is 5.91 Å². The number of ether oxygens (including phenoxy) is 2. The van der Waals surface area contributed by atoms with Gasteiger partial charge in [-0.25, -0.2) is 4.79 Å². The molecule has 11 heteroatoms. The first-order valence-corrected chi connectivity index (χ1v) is 13.0. The number of hydrogen-bond acceptors (Lipinski definition) is 7. The fourth-order valence-corrected chi connectivity index (χ4v) is 5.22.